The molecule has 0 aliphatic rings. The van der Waals surface area contributed by atoms with Gasteiger partial charge in [0.05, 0.1) is 10.7 Å². The Labute approximate surface area is 118 Å². The number of aromatic nitrogens is 3. The van der Waals surface area contributed by atoms with Crippen molar-refractivity contribution in [2.45, 2.75) is 5.16 Å². The third-order valence-electron chi connectivity index (χ3n) is 2.34. The molecule has 0 radical (unpaired) electrons. The van der Waals surface area contributed by atoms with Crippen molar-refractivity contribution in [3.8, 4) is 0 Å². The Morgan fingerprint density at radius 3 is 3.00 bits per heavy atom. The summed E-state index contributed by atoms with van der Waals surface area (Å²) in [6, 6.07) is 5.79. The first-order valence-corrected chi connectivity index (χ1v) is 6.56. The van der Waals surface area contributed by atoms with Gasteiger partial charge in [0.15, 0.2) is 5.16 Å². The minimum atomic E-state index is -0.510. The van der Waals surface area contributed by atoms with Crippen molar-refractivity contribution in [2.24, 2.45) is 7.05 Å². The van der Waals surface area contributed by atoms with Crippen molar-refractivity contribution in [3.05, 3.63) is 40.7 Å². The number of nitrogens with one attached hydrogen (secondary N) is 1. The molecule has 0 atom stereocenters. The van der Waals surface area contributed by atoms with Gasteiger partial charge < -0.3 is 9.88 Å². The average molecular weight is 293 g/mol. The number of nitro groups is 1. The van der Waals surface area contributed by atoms with Gasteiger partial charge >= 0.3 is 0 Å². The normalized spacial score (nSPS) is 10.2. The van der Waals surface area contributed by atoms with Crippen LogP contribution < -0.4 is 5.32 Å². The quantitative estimate of drug-likeness (QED) is 0.508. The summed E-state index contributed by atoms with van der Waals surface area (Å²) >= 11 is 1.23. The Morgan fingerprint density at radius 2 is 2.35 bits per heavy atom. The van der Waals surface area contributed by atoms with E-state index in [9.17, 15) is 14.9 Å². The number of hydrogen-bond donors (Lipinski definition) is 1. The standard InChI is InChI=1S/C11H11N5O3S/c1-15-7-12-14-11(15)20-6-10(17)13-8-3-2-4-9(5-8)16(18)19/h2-5,7H,6H2,1H3,(H,13,17). The van der Waals surface area contributed by atoms with Crippen molar-refractivity contribution < 1.29 is 9.72 Å². The van der Waals surface area contributed by atoms with Gasteiger partial charge in [-0.2, -0.15) is 0 Å². The Bertz CT molecular complexity index is 642. The van der Waals surface area contributed by atoms with E-state index < -0.39 is 4.92 Å². The molecule has 1 N–H and O–H groups in total. The molecule has 0 saturated heterocycles. The molecule has 20 heavy (non-hydrogen) atoms. The van der Waals surface area contributed by atoms with Crippen LogP contribution in [0.2, 0.25) is 0 Å². The van der Waals surface area contributed by atoms with Gasteiger partial charge in [-0.3, -0.25) is 14.9 Å². The van der Waals surface area contributed by atoms with Gasteiger partial charge in [0.2, 0.25) is 5.91 Å². The lowest BCUT2D eigenvalue weighted by atomic mass is 10.3. The van der Waals surface area contributed by atoms with Crippen molar-refractivity contribution in [2.75, 3.05) is 11.1 Å². The van der Waals surface area contributed by atoms with Crippen LogP contribution >= 0.6 is 11.8 Å². The molecule has 1 amide bonds. The second kappa shape index (κ2) is 6.15. The van der Waals surface area contributed by atoms with Crippen LogP contribution in [0.5, 0.6) is 0 Å². The van der Waals surface area contributed by atoms with Crippen molar-refractivity contribution >= 4 is 29.0 Å². The Hall–Kier alpha value is -2.42. The fraction of sp³-hybridized carbons (Fsp3) is 0.182. The summed E-state index contributed by atoms with van der Waals surface area (Å²) in [6.07, 6.45) is 1.54. The molecule has 104 valence electrons. The summed E-state index contributed by atoms with van der Waals surface area (Å²) < 4.78 is 1.70. The van der Waals surface area contributed by atoms with Gasteiger partial charge in [-0.1, -0.05) is 17.8 Å². The Morgan fingerprint density at radius 1 is 1.55 bits per heavy atom. The highest BCUT2D eigenvalue weighted by atomic mass is 32.2. The molecule has 1 aromatic carbocycles. The zero-order valence-corrected chi connectivity index (χ0v) is 11.3. The number of amides is 1. The maximum absolute atomic E-state index is 11.7. The molecular formula is C11H11N5O3S. The van der Waals surface area contributed by atoms with E-state index in [2.05, 4.69) is 15.5 Å². The Balaban J connectivity index is 1.93. The average Bonchev–Trinajstić information content (AvgIpc) is 2.82. The van der Waals surface area contributed by atoms with E-state index in [1.165, 1.54) is 30.0 Å². The first-order valence-electron chi connectivity index (χ1n) is 5.57. The van der Waals surface area contributed by atoms with E-state index in [0.29, 0.717) is 10.8 Å². The molecule has 0 bridgehead atoms. The summed E-state index contributed by atoms with van der Waals surface area (Å²) in [7, 11) is 1.78. The fourth-order valence-corrected chi connectivity index (χ4v) is 2.12. The predicted molar refractivity (Wildman–Crippen MR) is 73.5 cm³/mol. The molecule has 0 unspecified atom stereocenters. The fourth-order valence-electron chi connectivity index (χ4n) is 1.43. The van der Waals surface area contributed by atoms with Gasteiger partial charge in [-0.15, -0.1) is 10.2 Å². The van der Waals surface area contributed by atoms with Gasteiger partial charge in [0.25, 0.3) is 5.69 Å². The zero-order valence-electron chi connectivity index (χ0n) is 10.5. The minimum absolute atomic E-state index is 0.0660. The molecule has 8 nitrogen and oxygen atoms in total. The van der Waals surface area contributed by atoms with Gasteiger partial charge in [0, 0.05) is 24.9 Å². The van der Waals surface area contributed by atoms with Crippen LogP contribution in [0.3, 0.4) is 0 Å². The summed E-state index contributed by atoms with van der Waals surface area (Å²) in [4.78, 5) is 21.9. The number of rotatable bonds is 5. The lowest BCUT2D eigenvalue weighted by Crippen LogP contribution is -2.14. The van der Waals surface area contributed by atoms with Crippen molar-refractivity contribution in [3.63, 3.8) is 0 Å². The highest BCUT2D eigenvalue weighted by Gasteiger charge is 2.10. The minimum Gasteiger partial charge on any atom is -0.325 e. The highest BCUT2D eigenvalue weighted by Crippen LogP contribution is 2.18. The first-order chi connectivity index (χ1) is 9.56. The SMILES string of the molecule is Cn1cnnc1SCC(=O)Nc1cccc([N+](=O)[O-])c1. The molecule has 2 rings (SSSR count). The number of carbonyl (C=O) groups excluding carboxylic acids is 1. The predicted octanol–water partition coefficient (Wildman–Crippen LogP) is 1.45. The van der Waals surface area contributed by atoms with Crippen LogP contribution in [0.15, 0.2) is 35.7 Å². The van der Waals surface area contributed by atoms with Gasteiger partial charge in [0.1, 0.15) is 6.33 Å². The highest BCUT2D eigenvalue weighted by molar-refractivity contribution is 7.99. The molecule has 9 heteroatoms. The van der Waals surface area contributed by atoms with Crippen molar-refractivity contribution in [1.29, 1.82) is 0 Å². The van der Waals surface area contributed by atoms with Crippen LogP contribution in [-0.2, 0) is 11.8 Å². The molecule has 1 aromatic heterocycles. The molecule has 2 aromatic rings. The number of non-ortho nitro benzene ring substituents is 1. The third kappa shape index (κ3) is 3.54. The molecule has 1 heterocycles. The van der Waals surface area contributed by atoms with Crippen LogP contribution in [0.1, 0.15) is 0 Å². The lowest BCUT2D eigenvalue weighted by Gasteiger charge is -2.04. The van der Waals surface area contributed by atoms with Crippen LogP contribution in [-0.4, -0.2) is 31.3 Å². The second-order valence-corrected chi connectivity index (χ2v) is 4.81. The number of thioether (sulfide) groups is 1. The number of aryl methyl sites for hydroxylation is 1. The van der Waals surface area contributed by atoms with Crippen LogP contribution in [0.25, 0.3) is 0 Å². The van der Waals surface area contributed by atoms with Gasteiger partial charge in [-0.25, -0.2) is 0 Å². The summed E-state index contributed by atoms with van der Waals surface area (Å²) in [5.41, 5.74) is 0.325. The number of benzene rings is 1. The summed E-state index contributed by atoms with van der Waals surface area (Å²) in [5, 5.41) is 21.4. The molecule has 0 fully saturated rings. The monoisotopic (exact) mass is 293 g/mol. The summed E-state index contributed by atoms with van der Waals surface area (Å²) in [5.74, 6) is -0.117. The largest absolute Gasteiger partial charge is 0.325 e. The number of nitro benzene ring substituents is 1. The van der Waals surface area contributed by atoms with Crippen LogP contribution in [0.4, 0.5) is 11.4 Å². The first kappa shape index (κ1) is 14.0. The van der Waals surface area contributed by atoms with Crippen molar-refractivity contribution in [1.82, 2.24) is 14.8 Å². The maximum atomic E-state index is 11.7. The third-order valence-corrected chi connectivity index (χ3v) is 3.38. The molecule has 0 spiro atoms. The molecular weight excluding hydrogens is 282 g/mol. The molecule has 0 saturated carbocycles. The zero-order chi connectivity index (χ0) is 14.5. The smallest absolute Gasteiger partial charge is 0.271 e. The van der Waals surface area contributed by atoms with Crippen LogP contribution in [0, 0.1) is 10.1 Å². The molecule has 0 aliphatic carbocycles. The van der Waals surface area contributed by atoms with Gasteiger partial charge in [-0.05, 0) is 6.07 Å². The summed E-state index contributed by atoms with van der Waals surface area (Å²) in [6.45, 7) is 0. The van der Waals surface area contributed by atoms with E-state index >= 15 is 0 Å². The van der Waals surface area contributed by atoms with E-state index in [1.54, 1.807) is 24.0 Å². The van der Waals surface area contributed by atoms with E-state index in [0.717, 1.165) is 0 Å². The number of hydrogen-bond acceptors (Lipinski definition) is 6. The second-order valence-electron chi connectivity index (χ2n) is 3.87. The van der Waals surface area contributed by atoms with E-state index in [-0.39, 0.29) is 17.3 Å². The van der Waals surface area contributed by atoms with E-state index in [4.69, 9.17) is 0 Å². The topological polar surface area (TPSA) is 103 Å². The maximum Gasteiger partial charge on any atom is 0.271 e. The number of carbonyl (C=O) groups is 1. The number of anilines is 1. The van der Waals surface area contributed by atoms with E-state index in [1.807, 2.05) is 0 Å². The lowest BCUT2D eigenvalue weighted by molar-refractivity contribution is -0.384. The Kier molecular flexibility index (Phi) is 4.31. The number of nitrogens with zero attached hydrogens (tertiary/aromatic N) is 4. The molecule has 0 aliphatic heterocycles.